The Kier molecular flexibility index (Phi) is 6.36. The Labute approximate surface area is 107 Å². The lowest BCUT2D eigenvalue weighted by Crippen LogP contribution is -2.31. The quantitative estimate of drug-likeness (QED) is 0.758. The van der Waals surface area contributed by atoms with E-state index in [9.17, 15) is 9.18 Å². The summed E-state index contributed by atoms with van der Waals surface area (Å²) in [6.45, 7) is 4.74. The SMILES string of the molecule is CCOC(=O)CC(C)NCCc1ccccc1F. The number of hydrogen-bond acceptors (Lipinski definition) is 3. The molecule has 0 saturated carbocycles. The maximum atomic E-state index is 13.3. The van der Waals surface area contributed by atoms with Crippen molar-refractivity contribution in [3.8, 4) is 0 Å². The van der Waals surface area contributed by atoms with Crippen LogP contribution in [0, 0.1) is 5.82 Å². The van der Waals surface area contributed by atoms with Gasteiger partial charge in [-0.25, -0.2) is 4.39 Å². The molecule has 1 aromatic rings. The van der Waals surface area contributed by atoms with Crippen molar-refractivity contribution in [2.45, 2.75) is 32.7 Å². The zero-order valence-electron chi connectivity index (χ0n) is 10.9. The van der Waals surface area contributed by atoms with Crippen molar-refractivity contribution in [1.29, 1.82) is 0 Å². The van der Waals surface area contributed by atoms with Gasteiger partial charge in [-0.05, 0) is 38.4 Å². The lowest BCUT2D eigenvalue weighted by molar-refractivity contribution is -0.143. The number of esters is 1. The number of carbonyl (C=O) groups excluding carboxylic acids is 1. The Bertz CT molecular complexity index is 382. The van der Waals surface area contributed by atoms with E-state index in [0.29, 0.717) is 31.6 Å². The average molecular weight is 253 g/mol. The lowest BCUT2D eigenvalue weighted by Gasteiger charge is -2.13. The van der Waals surface area contributed by atoms with Crippen LogP contribution in [0.15, 0.2) is 24.3 Å². The summed E-state index contributed by atoms with van der Waals surface area (Å²) in [5, 5.41) is 3.18. The minimum atomic E-state index is -0.205. The molecular formula is C14H20FNO2. The molecule has 1 atom stereocenters. The van der Waals surface area contributed by atoms with Gasteiger partial charge in [-0.1, -0.05) is 18.2 Å². The van der Waals surface area contributed by atoms with Crippen molar-refractivity contribution in [3.05, 3.63) is 35.6 Å². The number of benzene rings is 1. The average Bonchev–Trinajstić information content (AvgIpc) is 2.31. The van der Waals surface area contributed by atoms with Crippen LogP contribution in [0.3, 0.4) is 0 Å². The third kappa shape index (κ3) is 5.27. The van der Waals surface area contributed by atoms with Crippen molar-refractivity contribution in [2.24, 2.45) is 0 Å². The fourth-order valence-electron chi connectivity index (χ4n) is 1.70. The van der Waals surface area contributed by atoms with Gasteiger partial charge in [-0.2, -0.15) is 0 Å². The molecule has 0 bridgehead atoms. The van der Waals surface area contributed by atoms with Crippen LogP contribution in [0.25, 0.3) is 0 Å². The number of ether oxygens (including phenoxy) is 1. The standard InChI is InChI=1S/C14H20FNO2/c1-3-18-14(17)10-11(2)16-9-8-12-6-4-5-7-13(12)15/h4-7,11,16H,3,8-10H2,1-2H3. The zero-order valence-corrected chi connectivity index (χ0v) is 10.9. The smallest absolute Gasteiger partial charge is 0.307 e. The first-order valence-corrected chi connectivity index (χ1v) is 6.26. The van der Waals surface area contributed by atoms with E-state index in [4.69, 9.17) is 4.74 Å². The highest BCUT2D eigenvalue weighted by atomic mass is 19.1. The van der Waals surface area contributed by atoms with Crippen molar-refractivity contribution in [1.82, 2.24) is 5.32 Å². The summed E-state index contributed by atoms with van der Waals surface area (Å²) in [5.41, 5.74) is 0.688. The first kappa shape index (κ1) is 14.6. The van der Waals surface area contributed by atoms with Gasteiger partial charge in [0.05, 0.1) is 13.0 Å². The molecule has 0 aliphatic heterocycles. The van der Waals surface area contributed by atoms with Crippen molar-refractivity contribution in [2.75, 3.05) is 13.2 Å². The van der Waals surface area contributed by atoms with Crippen LogP contribution in [0.4, 0.5) is 4.39 Å². The summed E-state index contributed by atoms with van der Waals surface area (Å²) in [6, 6.07) is 6.76. The normalized spacial score (nSPS) is 12.2. The lowest BCUT2D eigenvalue weighted by atomic mass is 10.1. The molecule has 100 valence electrons. The van der Waals surface area contributed by atoms with Crippen LogP contribution in [0.1, 0.15) is 25.8 Å². The second-order valence-corrected chi connectivity index (χ2v) is 4.21. The van der Waals surface area contributed by atoms with Crippen LogP contribution >= 0.6 is 0 Å². The van der Waals surface area contributed by atoms with Gasteiger partial charge in [0.25, 0.3) is 0 Å². The molecule has 1 unspecified atom stereocenters. The second-order valence-electron chi connectivity index (χ2n) is 4.21. The van der Waals surface area contributed by atoms with E-state index >= 15 is 0 Å². The number of hydrogen-bond donors (Lipinski definition) is 1. The summed E-state index contributed by atoms with van der Waals surface area (Å²) in [4.78, 5) is 11.2. The van der Waals surface area contributed by atoms with Crippen LogP contribution in [0.5, 0.6) is 0 Å². The molecule has 0 amide bonds. The Morgan fingerprint density at radius 1 is 1.44 bits per heavy atom. The zero-order chi connectivity index (χ0) is 13.4. The molecule has 0 radical (unpaired) electrons. The van der Waals surface area contributed by atoms with E-state index < -0.39 is 0 Å². The molecular weight excluding hydrogens is 233 g/mol. The van der Waals surface area contributed by atoms with E-state index in [1.54, 1.807) is 19.1 Å². The van der Waals surface area contributed by atoms with Crippen molar-refractivity contribution < 1.29 is 13.9 Å². The minimum Gasteiger partial charge on any atom is -0.466 e. The molecule has 0 aliphatic rings. The van der Waals surface area contributed by atoms with E-state index in [2.05, 4.69) is 5.32 Å². The van der Waals surface area contributed by atoms with Gasteiger partial charge in [-0.15, -0.1) is 0 Å². The molecule has 0 aromatic heterocycles. The molecule has 0 fully saturated rings. The number of carbonyl (C=O) groups is 1. The summed E-state index contributed by atoms with van der Waals surface area (Å²) in [5.74, 6) is -0.388. The predicted octanol–water partition coefficient (Wildman–Crippen LogP) is 2.30. The summed E-state index contributed by atoms with van der Waals surface area (Å²) >= 11 is 0. The van der Waals surface area contributed by atoms with Gasteiger partial charge in [0.2, 0.25) is 0 Å². The fourth-order valence-corrected chi connectivity index (χ4v) is 1.70. The number of nitrogens with one attached hydrogen (secondary N) is 1. The third-order valence-electron chi connectivity index (χ3n) is 2.62. The molecule has 0 heterocycles. The predicted molar refractivity (Wildman–Crippen MR) is 68.8 cm³/mol. The van der Waals surface area contributed by atoms with Gasteiger partial charge in [0, 0.05) is 6.04 Å². The minimum absolute atomic E-state index is 0.0378. The molecule has 1 N–H and O–H groups in total. The summed E-state index contributed by atoms with van der Waals surface area (Å²) < 4.78 is 18.2. The molecule has 0 saturated heterocycles. The Hall–Kier alpha value is -1.42. The highest BCUT2D eigenvalue weighted by molar-refractivity contribution is 5.69. The topological polar surface area (TPSA) is 38.3 Å². The Morgan fingerprint density at radius 2 is 2.17 bits per heavy atom. The number of halogens is 1. The van der Waals surface area contributed by atoms with Crippen molar-refractivity contribution in [3.63, 3.8) is 0 Å². The molecule has 0 aliphatic carbocycles. The second kappa shape index (κ2) is 7.82. The maximum Gasteiger partial charge on any atom is 0.307 e. The van der Waals surface area contributed by atoms with Gasteiger partial charge >= 0.3 is 5.97 Å². The summed E-state index contributed by atoms with van der Waals surface area (Å²) in [6.07, 6.45) is 0.949. The van der Waals surface area contributed by atoms with Crippen molar-refractivity contribution >= 4 is 5.97 Å². The first-order valence-electron chi connectivity index (χ1n) is 6.26. The highest BCUT2D eigenvalue weighted by Crippen LogP contribution is 2.06. The molecule has 1 rings (SSSR count). The molecule has 3 nitrogen and oxygen atoms in total. The monoisotopic (exact) mass is 253 g/mol. The first-order chi connectivity index (χ1) is 8.63. The maximum absolute atomic E-state index is 13.3. The summed E-state index contributed by atoms with van der Waals surface area (Å²) in [7, 11) is 0. The van der Waals surface area contributed by atoms with E-state index in [1.807, 2.05) is 13.0 Å². The molecule has 4 heteroatoms. The van der Waals surface area contributed by atoms with E-state index in [0.717, 1.165) is 0 Å². The van der Waals surface area contributed by atoms with Crippen LogP contribution in [0.2, 0.25) is 0 Å². The van der Waals surface area contributed by atoms with Gasteiger partial charge in [-0.3, -0.25) is 4.79 Å². The van der Waals surface area contributed by atoms with Gasteiger partial charge < -0.3 is 10.1 Å². The molecule has 18 heavy (non-hydrogen) atoms. The number of rotatable bonds is 7. The van der Waals surface area contributed by atoms with Gasteiger partial charge in [0.1, 0.15) is 5.82 Å². The van der Waals surface area contributed by atoms with Crippen LogP contribution < -0.4 is 5.32 Å². The Morgan fingerprint density at radius 3 is 2.83 bits per heavy atom. The highest BCUT2D eigenvalue weighted by Gasteiger charge is 2.09. The fraction of sp³-hybridized carbons (Fsp3) is 0.500. The van der Waals surface area contributed by atoms with Crippen LogP contribution in [-0.2, 0) is 16.0 Å². The van der Waals surface area contributed by atoms with Crippen LogP contribution in [-0.4, -0.2) is 25.2 Å². The molecule has 0 spiro atoms. The largest absolute Gasteiger partial charge is 0.466 e. The third-order valence-corrected chi connectivity index (χ3v) is 2.62. The Balaban J connectivity index is 2.25. The van der Waals surface area contributed by atoms with Gasteiger partial charge in [0.15, 0.2) is 0 Å². The molecule has 1 aromatic carbocycles. The van der Waals surface area contributed by atoms with E-state index in [1.165, 1.54) is 6.07 Å². The van der Waals surface area contributed by atoms with E-state index in [-0.39, 0.29) is 17.8 Å².